The Morgan fingerprint density at radius 1 is 1.06 bits per heavy atom. The number of para-hydroxylation sites is 1. The van der Waals surface area contributed by atoms with Crippen molar-refractivity contribution in [3.63, 3.8) is 0 Å². The maximum Gasteiger partial charge on any atom is 0.387 e. The Hall–Kier alpha value is -1.81. The van der Waals surface area contributed by atoms with Crippen molar-refractivity contribution in [2.75, 3.05) is 5.73 Å². The van der Waals surface area contributed by atoms with Crippen molar-refractivity contribution in [2.45, 2.75) is 6.61 Å². The van der Waals surface area contributed by atoms with Crippen molar-refractivity contribution >= 4 is 17.3 Å². The molecule has 0 bridgehead atoms. The molecule has 18 heavy (non-hydrogen) atoms. The zero-order valence-corrected chi connectivity index (χ0v) is 9.99. The summed E-state index contributed by atoms with van der Waals surface area (Å²) in [4.78, 5) is 0. The van der Waals surface area contributed by atoms with E-state index in [0.29, 0.717) is 21.8 Å². The van der Waals surface area contributed by atoms with Crippen LogP contribution in [-0.4, -0.2) is 6.61 Å². The van der Waals surface area contributed by atoms with Gasteiger partial charge in [-0.25, -0.2) is 0 Å². The largest absolute Gasteiger partial charge is 0.434 e. The van der Waals surface area contributed by atoms with Crippen LogP contribution in [0.25, 0.3) is 11.1 Å². The second-order valence-corrected chi connectivity index (χ2v) is 4.02. The van der Waals surface area contributed by atoms with Crippen molar-refractivity contribution in [1.29, 1.82) is 0 Å². The molecule has 2 aromatic rings. The predicted molar refractivity (Wildman–Crippen MR) is 67.9 cm³/mol. The number of halogens is 3. The van der Waals surface area contributed by atoms with Gasteiger partial charge in [-0.05, 0) is 24.3 Å². The number of nitrogens with two attached hydrogens (primary N) is 1. The van der Waals surface area contributed by atoms with Crippen LogP contribution in [0.5, 0.6) is 5.75 Å². The molecule has 0 saturated carbocycles. The molecule has 0 heterocycles. The van der Waals surface area contributed by atoms with E-state index in [1.165, 1.54) is 6.07 Å². The zero-order valence-electron chi connectivity index (χ0n) is 9.24. The van der Waals surface area contributed by atoms with Crippen LogP contribution in [0.4, 0.5) is 14.5 Å². The Kier molecular flexibility index (Phi) is 3.67. The van der Waals surface area contributed by atoms with Gasteiger partial charge in [0.15, 0.2) is 0 Å². The normalized spacial score (nSPS) is 10.7. The van der Waals surface area contributed by atoms with E-state index in [9.17, 15) is 8.78 Å². The molecule has 0 spiro atoms. The Morgan fingerprint density at radius 2 is 1.78 bits per heavy atom. The van der Waals surface area contributed by atoms with Crippen LogP contribution in [-0.2, 0) is 0 Å². The number of nitrogen functional groups attached to an aromatic ring is 1. The first-order valence-electron chi connectivity index (χ1n) is 5.17. The van der Waals surface area contributed by atoms with Gasteiger partial charge in [0.2, 0.25) is 0 Å². The Balaban J connectivity index is 2.53. The second-order valence-electron chi connectivity index (χ2n) is 3.61. The molecule has 2 rings (SSSR count). The lowest BCUT2D eigenvalue weighted by atomic mass is 10.0. The Labute approximate surface area is 108 Å². The highest BCUT2D eigenvalue weighted by Gasteiger charge is 2.13. The third-order valence-corrected chi connectivity index (χ3v) is 2.71. The Morgan fingerprint density at radius 3 is 2.50 bits per heavy atom. The third-order valence-electron chi connectivity index (χ3n) is 2.38. The van der Waals surface area contributed by atoms with Gasteiger partial charge in [0.05, 0.1) is 0 Å². The molecular weight excluding hydrogens is 260 g/mol. The minimum atomic E-state index is -2.88. The summed E-state index contributed by atoms with van der Waals surface area (Å²) in [6.07, 6.45) is 0. The summed E-state index contributed by atoms with van der Waals surface area (Å²) < 4.78 is 29.1. The SMILES string of the molecule is Nc1ccc(Cl)c(-c2ccccc2OC(F)F)c1. The molecule has 0 unspecified atom stereocenters. The van der Waals surface area contributed by atoms with Crippen molar-refractivity contribution in [1.82, 2.24) is 0 Å². The molecule has 2 N–H and O–H groups in total. The molecule has 0 radical (unpaired) electrons. The summed E-state index contributed by atoms with van der Waals surface area (Å²) in [5.41, 5.74) is 7.21. The molecular formula is C13H10ClF2NO. The van der Waals surface area contributed by atoms with Gasteiger partial charge in [-0.15, -0.1) is 0 Å². The molecule has 0 atom stereocenters. The van der Waals surface area contributed by atoms with Gasteiger partial charge in [0.1, 0.15) is 5.75 Å². The van der Waals surface area contributed by atoms with E-state index in [2.05, 4.69) is 4.74 Å². The van der Waals surface area contributed by atoms with Gasteiger partial charge in [0, 0.05) is 21.8 Å². The lowest BCUT2D eigenvalue weighted by Gasteiger charge is -2.12. The highest BCUT2D eigenvalue weighted by molar-refractivity contribution is 6.33. The number of alkyl halides is 2. The monoisotopic (exact) mass is 269 g/mol. The Bertz CT molecular complexity index is 560. The maximum atomic E-state index is 12.3. The molecule has 94 valence electrons. The average molecular weight is 270 g/mol. The average Bonchev–Trinajstić information content (AvgIpc) is 2.32. The number of ether oxygens (including phenoxy) is 1. The van der Waals surface area contributed by atoms with Gasteiger partial charge in [-0.2, -0.15) is 8.78 Å². The van der Waals surface area contributed by atoms with E-state index in [-0.39, 0.29) is 5.75 Å². The van der Waals surface area contributed by atoms with Crippen LogP contribution < -0.4 is 10.5 Å². The number of benzene rings is 2. The molecule has 0 aromatic heterocycles. The molecule has 2 aromatic carbocycles. The third kappa shape index (κ3) is 2.71. The van der Waals surface area contributed by atoms with E-state index in [1.807, 2.05) is 0 Å². The molecule has 2 nitrogen and oxygen atoms in total. The molecule has 0 amide bonds. The fourth-order valence-corrected chi connectivity index (χ4v) is 1.86. The van der Waals surface area contributed by atoms with Crippen LogP contribution in [0.15, 0.2) is 42.5 Å². The molecule has 0 aliphatic heterocycles. The second kappa shape index (κ2) is 5.23. The minimum absolute atomic E-state index is 0.0694. The smallest absolute Gasteiger partial charge is 0.387 e. The molecule has 0 aliphatic rings. The molecule has 0 fully saturated rings. The van der Waals surface area contributed by atoms with E-state index in [0.717, 1.165) is 0 Å². The van der Waals surface area contributed by atoms with E-state index < -0.39 is 6.61 Å². The minimum Gasteiger partial charge on any atom is -0.434 e. The lowest BCUT2D eigenvalue weighted by molar-refractivity contribution is -0.0494. The predicted octanol–water partition coefficient (Wildman–Crippen LogP) is 4.19. The van der Waals surface area contributed by atoms with E-state index in [1.54, 1.807) is 36.4 Å². The van der Waals surface area contributed by atoms with Crippen LogP contribution in [0.3, 0.4) is 0 Å². The van der Waals surface area contributed by atoms with Gasteiger partial charge in [0.25, 0.3) is 0 Å². The van der Waals surface area contributed by atoms with Crippen molar-refractivity contribution in [3.05, 3.63) is 47.5 Å². The number of anilines is 1. The van der Waals surface area contributed by atoms with Gasteiger partial charge >= 0.3 is 6.61 Å². The fraction of sp³-hybridized carbons (Fsp3) is 0.0769. The highest BCUT2D eigenvalue weighted by Crippen LogP contribution is 2.36. The quantitative estimate of drug-likeness (QED) is 0.848. The van der Waals surface area contributed by atoms with E-state index in [4.69, 9.17) is 17.3 Å². The molecule has 0 aliphatic carbocycles. The summed E-state index contributed by atoms with van der Waals surface area (Å²) >= 11 is 6.04. The lowest BCUT2D eigenvalue weighted by Crippen LogP contribution is -2.03. The summed E-state index contributed by atoms with van der Waals surface area (Å²) in [5, 5.41) is 0.425. The first-order chi connectivity index (χ1) is 8.58. The number of hydrogen-bond donors (Lipinski definition) is 1. The molecule has 0 saturated heterocycles. The topological polar surface area (TPSA) is 35.2 Å². The van der Waals surface area contributed by atoms with Crippen LogP contribution >= 0.6 is 11.6 Å². The maximum absolute atomic E-state index is 12.3. The van der Waals surface area contributed by atoms with Crippen LogP contribution in [0.2, 0.25) is 5.02 Å². The van der Waals surface area contributed by atoms with Crippen molar-refractivity contribution in [2.24, 2.45) is 0 Å². The van der Waals surface area contributed by atoms with E-state index >= 15 is 0 Å². The van der Waals surface area contributed by atoms with Crippen LogP contribution in [0, 0.1) is 0 Å². The number of rotatable bonds is 3. The van der Waals surface area contributed by atoms with Gasteiger partial charge < -0.3 is 10.5 Å². The number of hydrogen-bond acceptors (Lipinski definition) is 2. The molecule has 5 heteroatoms. The first-order valence-corrected chi connectivity index (χ1v) is 5.55. The van der Waals surface area contributed by atoms with Gasteiger partial charge in [-0.3, -0.25) is 0 Å². The zero-order chi connectivity index (χ0) is 13.1. The summed E-state index contributed by atoms with van der Waals surface area (Å²) in [6.45, 7) is -2.88. The summed E-state index contributed by atoms with van der Waals surface area (Å²) in [7, 11) is 0. The van der Waals surface area contributed by atoms with Crippen molar-refractivity contribution in [3.8, 4) is 16.9 Å². The van der Waals surface area contributed by atoms with Crippen LogP contribution in [0.1, 0.15) is 0 Å². The first kappa shape index (κ1) is 12.6. The van der Waals surface area contributed by atoms with Gasteiger partial charge in [-0.1, -0.05) is 29.8 Å². The summed E-state index contributed by atoms with van der Waals surface area (Å²) in [6, 6.07) is 11.3. The fourth-order valence-electron chi connectivity index (χ4n) is 1.64. The standard InChI is InChI=1S/C13H10ClF2NO/c14-11-6-5-8(17)7-10(11)9-3-1-2-4-12(9)18-13(15)16/h1-7,13H,17H2. The van der Waals surface area contributed by atoms with Crippen molar-refractivity contribution < 1.29 is 13.5 Å². The highest BCUT2D eigenvalue weighted by atomic mass is 35.5. The summed E-state index contributed by atoms with van der Waals surface area (Å²) in [5.74, 6) is 0.0694.